The molecule has 4 N–H and O–H groups in total. The van der Waals surface area contributed by atoms with E-state index < -0.39 is 29.2 Å². The first-order valence-electron chi connectivity index (χ1n) is 5.86. The maximum Gasteiger partial charge on any atom is 0.435 e. The van der Waals surface area contributed by atoms with Crippen LogP contribution in [-0.4, -0.2) is 21.1 Å². The largest absolute Gasteiger partial charge is 0.435 e. The first-order chi connectivity index (χ1) is 9.70. The molecule has 0 bridgehead atoms. The number of alkyl halides is 3. The minimum atomic E-state index is -4.72. The monoisotopic (exact) mass is 299 g/mol. The molecule has 0 unspecified atom stereocenters. The van der Waals surface area contributed by atoms with Crippen molar-refractivity contribution in [3.05, 3.63) is 34.8 Å². The third-order valence-electron chi connectivity index (χ3n) is 2.91. The molecular formula is C12H12F3N5O. The van der Waals surface area contributed by atoms with Crippen molar-refractivity contribution >= 4 is 17.4 Å². The number of nitrogens with one attached hydrogen (secondary N) is 2. The van der Waals surface area contributed by atoms with Crippen LogP contribution >= 0.6 is 0 Å². The van der Waals surface area contributed by atoms with Crippen molar-refractivity contribution < 1.29 is 18.0 Å². The molecule has 0 atom stereocenters. The van der Waals surface area contributed by atoms with Crippen LogP contribution in [0.2, 0.25) is 0 Å². The first-order valence-corrected chi connectivity index (χ1v) is 5.86. The maximum atomic E-state index is 12.7. The van der Waals surface area contributed by atoms with Crippen molar-refractivity contribution in [2.24, 2.45) is 0 Å². The second kappa shape index (κ2) is 5.08. The molecule has 0 aromatic carbocycles. The summed E-state index contributed by atoms with van der Waals surface area (Å²) in [6.07, 6.45) is -4.72. The molecule has 2 aromatic rings. The highest BCUT2D eigenvalue weighted by atomic mass is 19.4. The van der Waals surface area contributed by atoms with E-state index in [4.69, 9.17) is 5.73 Å². The van der Waals surface area contributed by atoms with Gasteiger partial charge in [0.15, 0.2) is 11.5 Å². The number of nitrogens with two attached hydrogens (primary N) is 1. The van der Waals surface area contributed by atoms with Gasteiger partial charge in [0, 0.05) is 11.3 Å². The molecule has 6 nitrogen and oxygen atoms in total. The van der Waals surface area contributed by atoms with Crippen LogP contribution in [0.3, 0.4) is 0 Å². The molecule has 0 aliphatic rings. The minimum Gasteiger partial charge on any atom is -0.397 e. The van der Waals surface area contributed by atoms with E-state index in [9.17, 15) is 18.0 Å². The van der Waals surface area contributed by atoms with Crippen LogP contribution in [0.1, 0.15) is 27.4 Å². The second-order valence-electron chi connectivity index (χ2n) is 4.41. The molecule has 1 amide bonds. The highest BCUT2D eigenvalue weighted by Gasteiger charge is 2.35. The summed E-state index contributed by atoms with van der Waals surface area (Å²) in [6.45, 7) is 3.47. The number of hydrogen-bond acceptors (Lipinski definition) is 4. The summed E-state index contributed by atoms with van der Waals surface area (Å²) in [5.41, 5.74) is 4.44. The van der Waals surface area contributed by atoms with Crippen molar-refractivity contribution in [3.8, 4) is 0 Å². The average molecular weight is 299 g/mol. The molecule has 0 saturated carbocycles. The quantitative estimate of drug-likeness (QED) is 0.792. The van der Waals surface area contributed by atoms with Crippen molar-refractivity contribution in [1.82, 2.24) is 15.2 Å². The number of halogens is 3. The number of pyridine rings is 1. The summed E-state index contributed by atoms with van der Waals surface area (Å²) in [4.78, 5) is 15.2. The van der Waals surface area contributed by atoms with Crippen molar-refractivity contribution in [2.45, 2.75) is 20.0 Å². The Balaban J connectivity index is 2.30. The fraction of sp³-hybridized carbons (Fsp3) is 0.250. The number of aromatic nitrogens is 3. The number of H-pyrrole nitrogens is 1. The Morgan fingerprint density at radius 2 is 2.00 bits per heavy atom. The van der Waals surface area contributed by atoms with E-state index in [-0.39, 0.29) is 5.82 Å². The number of aryl methyl sites for hydroxylation is 1. The number of hydrogen-bond donors (Lipinski definition) is 3. The molecule has 0 aliphatic carbocycles. The van der Waals surface area contributed by atoms with Gasteiger partial charge >= 0.3 is 6.18 Å². The summed E-state index contributed by atoms with van der Waals surface area (Å²) in [5.74, 6) is -0.556. The van der Waals surface area contributed by atoms with Gasteiger partial charge in [0.2, 0.25) is 0 Å². The number of rotatable bonds is 2. The number of carbonyl (C=O) groups excluding carboxylic acids is 1. The topological polar surface area (TPSA) is 96.7 Å². The fourth-order valence-corrected chi connectivity index (χ4v) is 1.60. The fourth-order valence-electron chi connectivity index (χ4n) is 1.60. The Hall–Kier alpha value is -2.58. The molecule has 21 heavy (non-hydrogen) atoms. The Kier molecular flexibility index (Phi) is 3.58. The van der Waals surface area contributed by atoms with Crippen LogP contribution in [0.5, 0.6) is 0 Å². The lowest BCUT2D eigenvalue weighted by Crippen LogP contribution is -2.19. The summed E-state index contributed by atoms with van der Waals surface area (Å²) in [5, 5.41) is 8.88. The van der Waals surface area contributed by atoms with Crippen LogP contribution in [0, 0.1) is 13.8 Å². The van der Waals surface area contributed by atoms with E-state index in [1.807, 2.05) is 0 Å². The van der Waals surface area contributed by atoms with E-state index in [0.29, 0.717) is 5.56 Å². The predicted molar refractivity (Wildman–Crippen MR) is 69.7 cm³/mol. The summed E-state index contributed by atoms with van der Waals surface area (Å²) < 4.78 is 38.1. The predicted octanol–water partition coefficient (Wildman–Crippen LogP) is 2.27. The molecule has 0 spiro atoms. The second-order valence-corrected chi connectivity index (χ2v) is 4.41. The number of aromatic amines is 1. The van der Waals surface area contributed by atoms with Gasteiger partial charge in [0.1, 0.15) is 5.69 Å². The lowest BCUT2D eigenvalue weighted by Gasteiger charge is -2.10. The maximum absolute atomic E-state index is 12.7. The normalized spacial score (nSPS) is 11.5. The van der Waals surface area contributed by atoms with Gasteiger partial charge in [-0.2, -0.15) is 18.3 Å². The summed E-state index contributed by atoms with van der Waals surface area (Å²) in [6, 6.07) is 2.11. The lowest BCUT2D eigenvalue weighted by atomic mass is 10.2. The zero-order valence-corrected chi connectivity index (χ0v) is 11.2. The standard InChI is InChI=1S/C12H12F3N5O/c1-5-6(2)19-20-10(5)18-11(21)8-4-3-7(16)9(17-8)12(13,14)15/h3-4H,16H2,1-2H3,(H2,18,19,20,21). The van der Waals surface area contributed by atoms with Crippen LogP contribution in [0.4, 0.5) is 24.7 Å². The van der Waals surface area contributed by atoms with Crippen molar-refractivity contribution in [2.75, 3.05) is 11.1 Å². The van der Waals surface area contributed by atoms with Crippen LogP contribution in [0.25, 0.3) is 0 Å². The van der Waals surface area contributed by atoms with E-state index in [2.05, 4.69) is 20.5 Å². The molecular weight excluding hydrogens is 287 g/mol. The molecule has 0 radical (unpaired) electrons. The minimum absolute atomic E-state index is 0.240. The molecule has 112 valence electrons. The van der Waals surface area contributed by atoms with E-state index in [1.54, 1.807) is 13.8 Å². The average Bonchev–Trinajstić information content (AvgIpc) is 2.70. The lowest BCUT2D eigenvalue weighted by molar-refractivity contribution is -0.140. The van der Waals surface area contributed by atoms with Gasteiger partial charge in [-0.05, 0) is 26.0 Å². The molecule has 0 saturated heterocycles. The van der Waals surface area contributed by atoms with Gasteiger partial charge in [0.05, 0.1) is 5.69 Å². The molecule has 2 aromatic heterocycles. The van der Waals surface area contributed by atoms with Crippen molar-refractivity contribution in [1.29, 1.82) is 0 Å². The number of nitrogen functional groups attached to an aromatic ring is 1. The van der Waals surface area contributed by atoms with Crippen LogP contribution in [-0.2, 0) is 6.18 Å². The van der Waals surface area contributed by atoms with Crippen LogP contribution < -0.4 is 11.1 Å². The zero-order chi connectivity index (χ0) is 15.8. The Morgan fingerprint density at radius 3 is 2.52 bits per heavy atom. The van der Waals surface area contributed by atoms with Gasteiger partial charge < -0.3 is 11.1 Å². The Labute approximate surface area is 117 Å². The SMILES string of the molecule is Cc1[nH]nc(NC(=O)c2ccc(N)c(C(F)(F)F)n2)c1C. The van der Waals surface area contributed by atoms with Gasteiger partial charge in [-0.15, -0.1) is 0 Å². The molecule has 9 heteroatoms. The Bertz CT molecular complexity index is 693. The van der Waals surface area contributed by atoms with Crippen LogP contribution in [0.15, 0.2) is 12.1 Å². The molecule has 0 fully saturated rings. The molecule has 2 heterocycles. The van der Waals surface area contributed by atoms with E-state index >= 15 is 0 Å². The summed E-state index contributed by atoms with van der Waals surface area (Å²) >= 11 is 0. The van der Waals surface area contributed by atoms with E-state index in [0.717, 1.165) is 17.8 Å². The number of carbonyl (C=O) groups is 1. The number of amides is 1. The highest BCUT2D eigenvalue weighted by Crippen LogP contribution is 2.31. The smallest absolute Gasteiger partial charge is 0.397 e. The molecule has 2 rings (SSSR count). The highest BCUT2D eigenvalue weighted by molar-refractivity contribution is 6.02. The third-order valence-corrected chi connectivity index (χ3v) is 2.91. The van der Waals surface area contributed by atoms with Gasteiger partial charge in [0.25, 0.3) is 5.91 Å². The van der Waals surface area contributed by atoms with Gasteiger partial charge in [-0.1, -0.05) is 0 Å². The molecule has 0 aliphatic heterocycles. The third kappa shape index (κ3) is 2.96. The first kappa shape index (κ1) is 14.8. The number of anilines is 2. The van der Waals surface area contributed by atoms with Gasteiger partial charge in [-0.3, -0.25) is 9.89 Å². The number of nitrogens with zero attached hydrogens (tertiary/aromatic N) is 2. The van der Waals surface area contributed by atoms with E-state index in [1.165, 1.54) is 0 Å². The zero-order valence-electron chi connectivity index (χ0n) is 11.2. The van der Waals surface area contributed by atoms with Gasteiger partial charge in [-0.25, -0.2) is 4.98 Å². The summed E-state index contributed by atoms with van der Waals surface area (Å²) in [7, 11) is 0. The van der Waals surface area contributed by atoms with Crippen molar-refractivity contribution in [3.63, 3.8) is 0 Å². The Morgan fingerprint density at radius 1 is 1.33 bits per heavy atom.